The van der Waals surface area contributed by atoms with Gasteiger partial charge in [0.1, 0.15) is 17.3 Å². The number of alkyl halides is 2. The SMILES string of the molecule is CN(Cc1ccc(OC(F)F)cc1)C(=O)COc1ccc(F)c(Cl)c1. The van der Waals surface area contributed by atoms with Crippen LogP contribution in [0.2, 0.25) is 5.02 Å². The molecule has 2 aromatic rings. The van der Waals surface area contributed by atoms with Crippen molar-refractivity contribution in [2.75, 3.05) is 13.7 Å². The molecular formula is C17H15ClF3NO3. The van der Waals surface area contributed by atoms with Gasteiger partial charge in [-0.2, -0.15) is 8.78 Å². The zero-order chi connectivity index (χ0) is 18.4. The van der Waals surface area contributed by atoms with Crippen molar-refractivity contribution in [1.29, 1.82) is 0 Å². The van der Waals surface area contributed by atoms with E-state index in [1.807, 2.05) is 0 Å². The molecule has 4 nitrogen and oxygen atoms in total. The molecule has 2 rings (SSSR count). The molecule has 0 N–H and O–H groups in total. The van der Waals surface area contributed by atoms with E-state index in [9.17, 15) is 18.0 Å². The van der Waals surface area contributed by atoms with Gasteiger partial charge in [0.25, 0.3) is 5.91 Å². The number of halogens is 4. The first-order chi connectivity index (χ1) is 11.8. The van der Waals surface area contributed by atoms with Crippen LogP contribution in [0.5, 0.6) is 11.5 Å². The number of ether oxygens (including phenoxy) is 2. The standard InChI is InChI=1S/C17H15ClF3NO3/c1-22(9-11-2-4-12(5-3-11)25-17(20)21)16(23)10-24-13-6-7-15(19)14(18)8-13/h2-8,17H,9-10H2,1H3. The first kappa shape index (κ1) is 18.9. The molecule has 0 aliphatic carbocycles. The van der Waals surface area contributed by atoms with E-state index in [4.69, 9.17) is 16.3 Å². The topological polar surface area (TPSA) is 38.8 Å². The van der Waals surface area contributed by atoms with Crippen molar-refractivity contribution in [3.05, 3.63) is 58.9 Å². The van der Waals surface area contributed by atoms with Gasteiger partial charge in [0.2, 0.25) is 0 Å². The molecule has 0 spiro atoms. The van der Waals surface area contributed by atoms with E-state index in [0.717, 1.165) is 11.6 Å². The van der Waals surface area contributed by atoms with E-state index in [-0.39, 0.29) is 35.6 Å². The summed E-state index contributed by atoms with van der Waals surface area (Å²) in [7, 11) is 1.58. The fourth-order valence-corrected chi connectivity index (χ4v) is 2.13. The summed E-state index contributed by atoms with van der Waals surface area (Å²) in [6, 6.07) is 9.77. The number of benzene rings is 2. The highest BCUT2D eigenvalue weighted by Gasteiger charge is 2.12. The monoisotopic (exact) mass is 373 g/mol. The molecule has 0 heterocycles. The predicted molar refractivity (Wildman–Crippen MR) is 86.5 cm³/mol. The number of hydrogen-bond donors (Lipinski definition) is 0. The minimum absolute atomic E-state index is 0.0456. The van der Waals surface area contributed by atoms with Gasteiger partial charge in [0.05, 0.1) is 5.02 Å². The highest BCUT2D eigenvalue weighted by molar-refractivity contribution is 6.30. The third-order valence-corrected chi connectivity index (χ3v) is 3.54. The first-order valence-corrected chi connectivity index (χ1v) is 7.58. The van der Waals surface area contributed by atoms with Crippen LogP contribution in [0.4, 0.5) is 13.2 Å². The zero-order valence-corrected chi connectivity index (χ0v) is 14.0. The summed E-state index contributed by atoms with van der Waals surface area (Å²) >= 11 is 5.64. The number of hydrogen-bond acceptors (Lipinski definition) is 3. The maximum absolute atomic E-state index is 13.1. The Morgan fingerprint density at radius 1 is 1.16 bits per heavy atom. The van der Waals surface area contributed by atoms with Gasteiger partial charge in [-0.15, -0.1) is 0 Å². The van der Waals surface area contributed by atoms with Crippen LogP contribution in [-0.4, -0.2) is 31.1 Å². The number of nitrogens with zero attached hydrogens (tertiary/aromatic N) is 1. The van der Waals surface area contributed by atoms with Gasteiger partial charge in [0, 0.05) is 19.7 Å². The van der Waals surface area contributed by atoms with Crippen LogP contribution in [0.15, 0.2) is 42.5 Å². The maximum Gasteiger partial charge on any atom is 0.387 e. The van der Waals surface area contributed by atoms with Gasteiger partial charge in [-0.25, -0.2) is 4.39 Å². The molecule has 0 aromatic heterocycles. The molecule has 0 saturated heterocycles. The Morgan fingerprint density at radius 2 is 1.80 bits per heavy atom. The lowest BCUT2D eigenvalue weighted by atomic mass is 10.2. The molecule has 25 heavy (non-hydrogen) atoms. The summed E-state index contributed by atoms with van der Waals surface area (Å²) in [4.78, 5) is 13.5. The van der Waals surface area contributed by atoms with Crippen molar-refractivity contribution in [2.45, 2.75) is 13.2 Å². The minimum Gasteiger partial charge on any atom is -0.484 e. The van der Waals surface area contributed by atoms with Crippen molar-refractivity contribution < 1.29 is 27.4 Å². The van der Waals surface area contributed by atoms with E-state index in [1.54, 1.807) is 19.2 Å². The quantitative estimate of drug-likeness (QED) is 0.733. The molecule has 1 amide bonds. The molecule has 0 atom stereocenters. The van der Waals surface area contributed by atoms with Gasteiger partial charge in [0.15, 0.2) is 6.61 Å². The largest absolute Gasteiger partial charge is 0.484 e. The number of likely N-dealkylation sites (N-methyl/N-ethyl adjacent to an activating group) is 1. The molecule has 8 heteroatoms. The number of rotatable bonds is 7. The molecule has 0 unspecified atom stereocenters. The Labute approximate surface area is 147 Å². The van der Waals surface area contributed by atoms with Crippen LogP contribution in [-0.2, 0) is 11.3 Å². The molecular weight excluding hydrogens is 359 g/mol. The van der Waals surface area contributed by atoms with Crippen LogP contribution in [0, 0.1) is 5.82 Å². The maximum atomic E-state index is 13.1. The Hall–Kier alpha value is -2.41. The minimum atomic E-state index is -2.88. The van der Waals surface area contributed by atoms with Crippen molar-refractivity contribution in [2.24, 2.45) is 0 Å². The Morgan fingerprint density at radius 3 is 2.40 bits per heavy atom. The normalized spacial score (nSPS) is 10.6. The van der Waals surface area contributed by atoms with Crippen molar-refractivity contribution in [3.63, 3.8) is 0 Å². The summed E-state index contributed by atoms with van der Waals surface area (Å²) in [5.74, 6) is -0.559. The van der Waals surface area contributed by atoms with Crippen LogP contribution >= 0.6 is 11.6 Å². The predicted octanol–water partition coefficient (Wildman–Crippen LogP) is 4.12. The van der Waals surface area contributed by atoms with Crippen molar-refractivity contribution >= 4 is 17.5 Å². The van der Waals surface area contributed by atoms with Crippen molar-refractivity contribution in [3.8, 4) is 11.5 Å². The fourth-order valence-electron chi connectivity index (χ4n) is 1.96. The van der Waals surface area contributed by atoms with Crippen LogP contribution in [0.3, 0.4) is 0 Å². The molecule has 0 fully saturated rings. The molecule has 2 aromatic carbocycles. The first-order valence-electron chi connectivity index (χ1n) is 7.20. The van der Waals surface area contributed by atoms with Gasteiger partial charge < -0.3 is 14.4 Å². The van der Waals surface area contributed by atoms with E-state index >= 15 is 0 Å². The highest BCUT2D eigenvalue weighted by atomic mass is 35.5. The Balaban J connectivity index is 1.86. The van der Waals surface area contributed by atoms with Crippen LogP contribution < -0.4 is 9.47 Å². The number of carbonyl (C=O) groups excluding carboxylic acids is 1. The van der Waals surface area contributed by atoms with E-state index in [2.05, 4.69) is 4.74 Å². The second kappa shape index (κ2) is 8.62. The van der Waals surface area contributed by atoms with E-state index in [1.165, 1.54) is 29.2 Å². The van der Waals surface area contributed by atoms with Gasteiger partial charge in [-0.05, 0) is 29.8 Å². The second-order valence-corrected chi connectivity index (χ2v) is 5.54. The summed E-state index contributed by atoms with van der Waals surface area (Å²) in [6.07, 6.45) is 0. The Bertz CT molecular complexity index is 726. The average Bonchev–Trinajstić information content (AvgIpc) is 2.57. The fraction of sp³-hybridized carbons (Fsp3) is 0.235. The smallest absolute Gasteiger partial charge is 0.387 e. The van der Waals surface area contributed by atoms with Crippen LogP contribution in [0.1, 0.15) is 5.56 Å². The summed E-state index contributed by atoms with van der Waals surface area (Å²) in [5.41, 5.74) is 0.738. The third kappa shape index (κ3) is 5.86. The highest BCUT2D eigenvalue weighted by Crippen LogP contribution is 2.21. The molecule has 0 radical (unpaired) electrons. The lowest BCUT2D eigenvalue weighted by Gasteiger charge is -2.18. The van der Waals surface area contributed by atoms with Crippen LogP contribution in [0.25, 0.3) is 0 Å². The number of amides is 1. The molecule has 0 saturated carbocycles. The number of carbonyl (C=O) groups is 1. The van der Waals surface area contributed by atoms with Gasteiger partial charge in [-0.1, -0.05) is 23.7 Å². The summed E-state index contributed by atoms with van der Waals surface area (Å²) < 4.78 is 46.8. The summed E-state index contributed by atoms with van der Waals surface area (Å²) in [5, 5.41) is -0.0931. The average molecular weight is 374 g/mol. The molecule has 0 aliphatic rings. The summed E-state index contributed by atoms with van der Waals surface area (Å²) in [6.45, 7) is -2.86. The lowest BCUT2D eigenvalue weighted by molar-refractivity contribution is -0.132. The van der Waals surface area contributed by atoms with Gasteiger partial charge >= 0.3 is 6.61 Å². The molecule has 134 valence electrons. The third-order valence-electron chi connectivity index (χ3n) is 3.25. The van der Waals surface area contributed by atoms with Gasteiger partial charge in [-0.3, -0.25) is 4.79 Å². The molecule has 0 bridgehead atoms. The Kier molecular flexibility index (Phi) is 6.52. The van der Waals surface area contributed by atoms with Crippen molar-refractivity contribution in [1.82, 2.24) is 4.90 Å². The van der Waals surface area contributed by atoms with E-state index < -0.39 is 12.4 Å². The second-order valence-electron chi connectivity index (χ2n) is 5.14. The van der Waals surface area contributed by atoms with E-state index in [0.29, 0.717) is 0 Å². The zero-order valence-electron chi connectivity index (χ0n) is 13.2. The lowest BCUT2D eigenvalue weighted by Crippen LogP contribution is -2.30. The molecule has 0 aliphatic heterocycles.